The third kappa shape index (κ3) is 1.97. The fourth-order valence-electron chi connectivity index (χ4n) is 0.978. The van der Waals surface area contributed by atoms with Crippen LogP contribution in [0.15, 0.2) is 18.2 Å². The van der Waals surface area contributed by atoms with Crippen LogP contribution in [0.4, 0.5) is 16.8 Å². The molecule has 2 aromatic heterocycles. The van der Waals surface area contributed by atoms with E-state index < -0.39 is 0 Å². The monoisotopic (exact) mass is 207 g/mol. The topological polar surface area (TPSA) is 76.7 Å². The SMILES string of the molecule is Cc1nsc(Nc2cccc(N)n2)n1. The molecule has 2 rings (SSSR count). The van der Waals surface area contributed by atoms with Gasteiger partial charge in [-0.15, -0.1) is 0 Å². The molecule has 14 heavy (non-hydrogen) atoms. The molecule has 0 unspecified atom stereocenters. The Labute approximate surface area is 85.2 Å². The number of nitrogens with two attached hydrogens (primary N) is 1. The smallest absolute Gasteiger partial charge is 0.208 e. The normalized spacial score (nSPS) is 10.1. The van der Waals surface area contributed by atoms with Gasteiger partial charge in [-0.2, -0.15) is 4.37 Å². The van der Waals surface area contributed by atoms with E-state index in [1.165, 1.54) is 11.5 Å². The average molecular weight is 207 g/mol. The molecule has 0 radical (unpaired) electrons. The van der Waals surface area contributed by atoms with Crippen molar-refractivity contribution in [2.24, 2.45) is 0 Å². The summed E-state index contributed by atoms with van der Waals surface area (Å²) in [5.74, 6) is 1.92. The van der Waals surface area contributed by atoms with Crippen molar-refractivity contribution in [2.45, 2.75) is 6.92 Å². The minimum Gasteiger partial charge on any atom is -0.384 e. The maximum atomic E-state index is 5.53. The van der Waals surface area contributed by atoms with Crippen LogP contribution in [-0.4, -0.2) is 14.3 Å². The van der Waals surface area contributed by atoms with Gasteiger partial charge in [0.05, 0.1) is 0 Å². The highest BCUT2D eigenvalue weighted by atomic mass is 32.1. The Morgan fingerprint density at radius 2 is 2.21 bits per heavy atom. The van der Waals surface area contributed by atoms with Gasteiger partial charge in [0, 0.05) is 11.5 Å². The third-order valence-electron chi connectivity index (χ3n) is 1.53. The van der Waals surface area contributed by atoms with E-state index in [0.29, 0.717) is 11.6 Å². The lowest BCUT2D eigenvalue weighted by atomic mass is 10.4. The molecule has 5 nitrogen and oxygen atoms in total. The van der Waals surface area contributed by atoms with Crippen molar-refractivity contribution in [1.82, 2.24) is 14.3 Å². The molecule has 0 aliphatic heterocycles. The number of hydrogen-bond acceptors (Lipinski definition) is 6. The summed E-state index contributed by atoms with van der Waals surface area (Å²) in [5, 5.41) is 3.74. The Bertz CT molecular complexity index is 439. The van der Waals surface area contributed by atoms with Gasteiger partial charge in [0.15, 0.2) is 0 Å². The molecule has 0 amide bonds. The summed E-state index contributed by atoms with van der Waals surface area (Å²) in [4.78, 5) is 8.23. The highest BCUT2D eigenvalue weighted by Crippen LogP contribution is 2.16. The average Bonchev–Trinajstić information content (AvgIpc) is 2.51. The fraction of sp³-hybridized carbons (Fsp3) is 0.125. The number of anilines is 3. The lowest BCUT2D eigenvalue weighted by Crippen LogP contribution is -1.96. The number of nitrogens with zero attached hydrogens (tertiary/aromatic N) is 3. The zero-order valence-corrected chi connectivity index (χ0v) is 8.38. The Balaban J connectivity index is 2.18. The largest absolute Gasteiger partial charge is 0.384 e. The summed E-state index contributed by atoms with van der Waals surface area (Å²) in [7, 11) is 0. The second kappa shape index (κ2) is 3.59. The molecule has 0 aliphatic rings. The molecule has 0 atom stereocenters. The van der Waals surface area contributed by atoms with Gasteiger partial charge in [0.1, 0.15) is 17.5 Å². The van der Waals surface area contributed by atoms with Crippen LogP contribution in [0, 0.1) is 6.92 Å². The first-order chi connectivity index (χ1) is 6.74. The first kappa shape index (κ1) is 8.89. The van der Waals surface area contributed by atoms with Crippen LogP contribution in [0.3, 0.4) is 0 Å². The van der Waals surface area contributed by atoms with Crippen molar-refractivity contribution in [3.8, 4) is 0 Å². The van der Waals surface area contributed by atoms with Gasteiger partial charge >= 0.3 is 0 Å². The van der Waals surface area contributed by atoms with E-state index in [0.717, 1.165) is 11.0 Å². The number of aryl methyl sites for hydroxylation is 1. The number of aromatic nitrogens is 3. The van der Waals surface area contributed by atoms with Crippen molar-refractivity contribution < 1.29 is 0 Å². The predicted octanol–water partition coefficient (Wildman–Crippen LogP) is 1.57. The minimum atomic E-state index is 0.483. The van der Waals surface area contributed by atoms with Gasteiger partial charge < -0.3 is 11.1 Å². The van der Waals surface area contributed by atoms with E-state index in [9.17, 15) is 0 Å². The summed E-state index contributed by atoms with van der Waals surface area (Å²) >= 11 is 1.30. The predicted molar refractivity (Wildman–Crippen MR) is 56.6 cm³/mol. The highest BCUT2D eigenvalue weighted by molar-refractivity contribution is 7.09. The fourth-order valence-corrected chi connectivity index (χ4v) is 1.56. The first-order valence-electron chi connectivity index (χ1n) is 4.04. The summed E-state index contributed by atoms with van der Waals surface area (Å²) in [5.41, 5.74) is 5.53. The number of nitrogens with one attached hydrogen (secondary N) is 1. The molecule has 0 aromatic carbocycles. The van der Waals surface area contributed by atoms with Crippen molar-refractivity contribution >= 4 is 28.3 Å². The molecular formula is C8H9N5S. The van der Waals surface area contributed by atoms with Gasteiger partial charge in [0.25, 0.3) is 0 Å². The van der Waals surface area contributed by atoms with Crippen molar-refractivity contribution in [2.75, 3.05) is 11.1 Å². The van der Waals surface area contributed by atoms with E-state index in [-0.39, 0.29) is 0 Å². The van der Waals surface area contributed by atoms with Crippen LogP contribution in [0.5, 0.6) is 0 Å². The van der Waals surface area contributed by atoms with Gasteiger partial charge in [-0.1, -0.05) is 6.07 Å². The molecule has 0 fully saturated rings. The van der Waals surface area contributed by atoms with E-state index in [1.54, 1.807) is 6.07 Å². The molecule has 0 aliphatic carbocycles. The van der Waals surface area contributed by atoms with E-state index >= 15 is 0 Å². The van der Waals surface area contributed by atoms with Crippen LogP contribution in [0.1, 0.15) is 5.82 Å². The molecule has 2 heterocycles. The van der Waals surface area contributed by atoms with Crippen molar-refractivity contribution in [3.63, 3.8) is 0 Å². The molecule has 0 saturated carbocycles. The second-order valence-electron chi connectivity index (χ2n) is 2.72. The molecule has 6 heteroatoms. The lowest BCUT2D eigenvalue weighted by molar-refractivity contribution is 1.16. The van der Waals surface area contributed by atoms with Gasteiger partial charge in [-0.25, -0.2) is 9.97 Å². The number of hydrogen-bond donors (Lipinski definition) is 2. The Hall–Kier alpha value is -1.69. The molecule has 0 saturated heterocycles. The standard InChI is InChI=1S/C8H9N5S/c1-5-10-8(14-13-5)12-7-4-2-3-6(9)11-7/h2-4H,1H3,(H3,9,10,11,12,13). The summed E-state index contributed by atoms with van der Waals surface area (Å²) < 4.78 is 4.04. The number of pyridine rings is 1. The molecule has 0 bridgehead atoms. The zero-order chi connectivity index (χ0) is 9.97. The zero-order valence-electron chi connectivity index (χ0n) is 7.56. The van der Waals surface area contributed by atoms with E-state index in [4.69, 9.17) is 5.73 Å². The van der Waals surface area contributed by atoms with Crippen LogP contribution >= 0.6 is 11.5 Å². The third-order valence-corrected chi connectivity index (χ3v) is 2.26. The number of nitrogen functional groups attached to an aromatic ring is 1. The molecule has 2 aromatic rings. The molecule has 3 N–H and O–H groups in total. The van der Waals surface area contributed by atoms with Crippen LogP contribution < -0.4 is 11.1 Å². The summed E-state index contributed by atoms with van der Waals surface area (Å²) in [6, 6.07) is 5.39. The van der Waals surface area contributed by atoms with Crippen molar-refractivity contribution in [1.29, 1.82) is 0 Å². The first-order valence-corrected chi connectivity index (χ1v) is 4.81. The van der Waals surface area contributed by atoms with E-state index in [1.807, 2.05) is 19.1 Å². The number of rotatable bonds is 2. The summed E-state index contributed by atoms with van der Waals surface area (Å²) in [6.07, 6.45) is 0. The highest BCUT2D eigenvalue weighted by Gasteiger charge is 2.00. The van der Waals surface area contributed by atoms with Crippen LogP contribution in [-0.2, 0) is 0 Å². The van der Waals surface area contributed by atoms with Gasteiger partial charge in [0.2, 0.25) is 5.13 Å². The maximum Gasteiger partial charge on any atom is 0.208 e. The molecular weight excluding hydrogens is 198 g/mol. The van der Waals surface area contributed by atoms with Crippen LogP contribution in [0.25, 0.3) is 0 Å². The van der Waals surface area contributed by atoms with Gasteiger partial charge in [-0.3, -0.25) is 0 Å². The maximum absolute atomic E-state index is 5.53. The van der Waals surface area contributed by atoms with Crippen molar-refractivity contribution in [3.05, 3.63) is 24.0 Å². The minimum absolute atomic E-state index is 0.483. The van der Waals surface area contributed by atoms with Gasteiger partial charge in [-0.05, 0) is 19.1 Å². The summed E-state index contributed by atoms with van der Waals surface area (Å²) in [6.45, 7) is 1.84. The lowest BCUT2D eigenvalue weighted by Gasteiger charge is -2.00. The molecule has 72 valence electrons. The van der Waals surface area contributed by atoms with E-state index in [2.05, 4.69) is 19.7 Å². The quantitative estimate of drug-likeness (QED) is 0.781. The Morgan fingerprint density at radius 3 is 2.86 bits per heavy atom. The Kier molecular flexibility index (Phi) is 2.28. The van der Waals surface area contributed by atoms with Crippen LogP contribution in [0.2, 0.25) is 0 Å². The second-order valence-corrected chi connectivity index (χ2v) is 3.47. The Morgan fingerprint density at radius 1 is 1.36 bits per heavy atom. The molecule has 0 spiro atoms.